The monoisotopic (exact) mass is 323 g/mol. The summed E-state index contributed by atoms with van der Waals surface area (Å²) in [6.45, 7) is 5.86. The van der Waals surface area contributed by atoms with Crippen molar-refractivity contribution in [3.05, 3.63) is 65.7 Å². The number of fused-ring (bicyclic) bond motifs is 1. The Balaban J connectivity index is 1.66. The fraction of sp³-hybridized carbons (Fsp3) is 0.389. The van der Waals surface area contributed by atoms with Gasteiger partial charge in [0.1, 0.15) is 6.26 Å². The van der Waals surface area contributed by atoms with E-state index in [1.165, 1.54) is 5.69 Å². The van der Waals surface area contributed by atoms with E-state index in [2.05, 4.69) is 44.7 Å². The first-order valence-corrected chi connectivity index (χ1v) is 8.33. The standard InChI is InChI=1S/C18H21N5O/c1-12(2)18-22-14(10-24-18)9-23-7-5-15-16(21-11-20-15)17(23)13-4-3-6-19-8-13/h3-4,6,8,10-12,17H,5,7,9H2,1-2H3,(H,20,21)/t17-/m0/s1. The highest BCUT2D eigenvalue weighted by atomic mass is 16.3. The van der Waals surface area contributed by atoms with Crippen LogP contribution in [0, 0.1) is 0 Å². The molecule has 4 rings (SSSR count). The Morgan fingerprint density at radius 3 is 3.08 bits per heavy atom. The van der Waals surface area contributed by atoms with E-state index in [-0.39, 0.29) is 6.04 Å². The van der Waals surface area contributed by atoms with Gasteiger partial charge in [-0.25, -0.2) is 9.97 Å². The minimum absolute atomic E-state index is 0.0906. The zero-order valence-electron chi connectivity index (χ0n) is 13.9. The van der Waals surface area contributed by atoms with Crippen molar-refractivity contribution in [3.8, 4) is 0 Å². The van der Waals surface area contributed by atoms with Gasteiger partial charge in [-0.15, -0.1) is 0 Å². The van der Waals surface area contributed by atoms with Crippen LogP contribution in [-0.4, -0.2) is 31.4 Å². The highest BCUT2D eigenvalue weighted by Gasteiger charge is 2.31. The second kappa shape index (κ2) is 6.20. The third-order valence-corrected chi connectivity index (χ3v) is 4.45. The molecule has 0 bridgehead atoms. The number of aromatic nitrogens is 4. The first kappa shape index (κ1) is 15.1. The van der Waals surface area contributed by atoms with Crippen LogP contribution in [-0.2, 0) is 13.0 Å². The van der Waals surface area contributed by atoms with E-state index in [9.17, 15) is 0 Å². The van der Waals surface area contributed by atoms with Gasteiger partial charge in [-0.2, -0.15) is 0 Å². The van der Waals surface area contributed by atoms with Crippen LogP contribution < -0.4 is 0 Å². The SMILES string of the molecule is CC(C)c1nc(CN2CCc3[nH]cnc3[C@@H]2c2cccnc2)co1. The molecule has 1 atom stereocenters. The molecule has 0 spiro atoms. The Hall–Kier alpha value is -2.47. The predicted molar refractivity (Wildman–Crippen MR) is 89.4 cm³/mol. The summed E-state index contributed by atoms with van der Waals surface area (Å²) < 4.78 is 5.59. The second-order valence-corrected chi connectivity index (χ2v) is 6.51. The fourth-order valence-corrected chi connectivity index (χ4v) is 3.27. The first-order valence-electron chi connectivity index (χ1n) is 8.33. The lowest BCUT2D eigenvalue weighted by molar-refractivity contribution is 0.197. The minimum atomic E-state index is 0.0906. The summed E-state index contributed by atoms with van der Waals surface area (Å²) in [6, 6.07) is 4.17. The number of pyridine rings is 1. The molecule has 24 heavy (non-hydrogen) atoms. The normalized spacial score (nSPS) is 18.0. The summed E-state index contributed by atoms with van der Waals surface area (Å²) >= 11 is 0. The average molecular weight is 323 g/mol. The van der Waals surface area contributed by atoms with Crippen LogP contribution in [0.5, 0.6) is 0 Å². The maximum Gasteiger partial charge on any atom is 0.196 e. The molecule has 1 aliphatic rings. The molecule has 3 aromatic heterocycles. The third kappa shape index (κ3) is 2.73. The smallest absolute Gasteiger partial charge is 0.196 e. The van der Waals surface area contributed by atoms with E-state index in [4.69, 9.17) is 4.42 Å². The van der Waals surface area contributed by atoms with Crippen molar-refractivity contribution in [3.63, 3.8) is 0 Å². The van der Waals surface area contributed by atoms with Gasteiger partial charge in [-0.05, 0) is 11.6 Å². The molecule has 1 aliphatic heterocycles. The van der Waals surface area contributed by atoms with Crippen LogP contribution in [0.25, 0.3) is 0 Å². The molecule has 0 unspecified atom stereocenters. The number of nitrogens with zero attached hydrogens (tertiary/aromatic N) is 4. The summed E-state index contributed by atoms with van der Waals surface area (Å²) in [5.74, 6) is 1.09. The maximum absolute atomic E-state index is 5.59. The molecule has 0 radical (unpaired) electrons. The van der Waals surface area contributed by atoms with Crippen LogP contribution >= 0.6 is 0 Å². The Kier molecular flexibility index (Phi) is 3.90. The fourth-order valence-electron chi connectivity index (χ4n) is 3.27. The molecule has 6 nitrogen and oxygen atoms in total. The quantitative estimate of drug-likeness (QED) is 0.799. The zero-order chi connectivity index (χ0) is 16.5. The van der Waals surface area contributed by atoms with Crippen LogP contribution in [0.15, 0.2) is 41.5 Å². The van der Waals surface area contributed by atoms with Gasteiger partial charge in [-0.1, -0.05) is 19.9 Å². The summed E-state index contributed by atoms with van der Waals surface area (Å²) in [5, 5.41) is 0. The highest BCUT2D eigenvalue weighted by molar-refractivity contribution is 5.31. The second-order valence-electron chi connectivity index (χ2n) is 6.51. The largest absolute Gasteiger partial charge is 0.448 e. The van der Waals surface area contributed by atoms with Gasteiger partial charge < -0.3 is 9.40 Å². The van der Waals surface area contributed by atoms with Gasteiger partial charge in [0.15, 0.2) is 5.89 Å². The molecule has 124 valence electrons. The molecule has 0 saturated heterocycles. The number of rotatable bonds is 4. The van der Waals surface area contributed by atoms with Crippen LogP contribution in [0.3, 0.4) is 0 Å². The van der Waals surface area contributed by atoms with Gasteiger partial charge in [0.2, 0.25) is 0 Å². The van der Waals surface area contributed by atoms with Crippen molar-refractivity contribution < 1.29 is 4.42 Å². The Bertz CT molecular complexity index is 808. The van der Waals surface area contributed by atoms with E-state index in [1.807, 2.05) is 12.3 Å². The summed E-state index contributed by atoms with van der Waals surface area (Å²) in [5.41, 5.74) is 4.41. The molecular formula is C18H21N5O. The molecule has 6 heteroatoms. The summed E-state index contributed by atoms with van der Waals surface area (Å²) in [6.07, 6.45) is 8.24. The number of aromatic amines is 1. The van der Waals surface area contributed by atoms with Crippen molar-refractivity contribution >= 4 is 0 Å². The van der Waals surface area contributed by atoms with Gasteiger partial charge in [0.25, 0.3) is 0 Å². The van der Waals surface area contributed by atoms with Crippen molar-refractivity contribution in [1.82, 2.24) is 24.8 Å². The number of oxazole rings is 1. The third-order valence-electron chi connectivity index (χ3n) is 4.45. The van der Waals surface area contributed by atoms with Crippen LogP contribution in [0.2, 0.25) is 0 Å². The Morgan fingerprint density at radius 2 is 2.33 bits per heavy atom. The van der Waals surface area contributed by atoms with Gasteiger partial charge in [0.05, 0.1) is 23.8 Å². The van der Waals surface area contributed by atoms with Crippen LogP contribution in [0.1, 0.15) is 54.3 Å². The Morgan fingerprint density at radius 1 is 1.42 bits per heavy atom. The van der Waals surface area contributed by atoms with Gasteiger partial charge in [0, 0.05) is 43.5 Å². The zero-order valence-corrected chi connectivity index (χ0v) is 13.9. The first-order chi connectivity index (χ1) is 11.7. The number of H-pyrrole nitrogens is 1. The van der Waals surface area contributed by atoms with E-state index >= 15 is 0 Å². The molecule has 0 fully saturated rings. The Labute approximate surface area is 141 Å². The van der Waals surface area contributed by atoms with Gasteiger partial charge >= 0.3 is 0 Å². The molecule has 3 aromatic rings. The molecule has 4 heterocycles. The van der Waals surface area contributed by atoms with Crippen molar-refractivity contribution in [1.29, 1.82) is 0 Å². The van der Waals surface area contributed by atoms with Crippen molar-refractivity contribution in [2.24, 2.45) is 0 Å². The number of imidazole rings is 1. The molecule has 0 saturated carbocycles. The molecule has 1 N–H and O–H groups in total. The number of nitrogens with one attached hydrogen (secondary N) is 1. The molecule has 0 aliphatic carbocycles. The molecular weight excluding hydrogens is 302 g/mol. The predicted octanol–water partition coefficient (Wildman–Crippen LogP) is 3.06. The topological polar surface area (TPSA) is 70.8 Å². The minimum Gasteiger partial charge on any atom is -0.448 e. The van der Waals surface area contributed by atoms with Crippen LogP contribution in [0.4, 0.5) is 0 Å². The molecule has 0 aromatic carbocycles. The lowest BCUT2D eigenvalue weighted by Gasteiger charge is -2.34. The van der Waals surface area contributed by atoms with Crippen molar-refractivity contribution in [2.75, 3.05) is 6.54 Å². The summed E-state index contributed by atoms with van der Waals surface area (Å²) in [4.78, 5) is 19.1. The number of hydrogen-bond donors (Lipinski definition) is 1. The van der Waals surface area contributed by atoms with E-state index in [0.717, 1.165) is 42.4 Å². The van der Waals surface area contributed by atoms with Gasteiger partial charge in [-0.3, -0.25) is 9.88 Å². The summed E-state index contributed by atoms with van der Waals surface area (Å²) in [7, 11) is 0. The maximum atomic E-state index is 5.59. The van der Waals surface area contributed by atoms with Crippen molar-refractivity contribution in [2.45, 2.75) is 38.8 Å². The van der Waals surface area contributed by atoms with E-state index in [0.29, 0.717) is 5.92 Å². The highest BCUT2D eigenvalue weighted by Crippen LogP contribution is 2.33. The van der Waals surface area contributed by atoms with E-state index < -0.39 is 0 Å². The van der Waals surface area contributed by atoms with E-state index in [1.54, 1.807) is 18.8 Å². The number of hydrogen-bond acceptors (Lipinski definition) is 5. The average Bonchev–Trinajstić information content (AvgIpc) is 3.24. The molecule has 0 amide bonds. The lowest BCUT2D eigenvalue weighted by Crippen LogP contribution is -2.36. The lowest BCUT2D eigenvalue weighted by atomic mass is 9.96.